The molecule has 1 aliphatic carbocycles. The van der Waals surface area contributed by atoms with Crippen LogP contribution in [-0.2, 0) is 22.4 Å². The van der Waals surface area contributed by atoms with Crippen LogP contribution in [0.1, 0.15) is 51.2 Å². The third-order valence-corrected chi connectivity index (χ3v) is 5.25. The number of imide groups is 1. The van der Waals surface area contributed by atoms with Crippen molar-refractivity contribution in [1.82, 2.24) is 10.2 Å². The number of carbonyl (C=O) groups is 3. The summed E-state index contributed by atoms with van der Waals surface area (Å²) in [6.45, 7) is 5.62. The van der Waals surface area contributed by atoms with Gasteiger partial charge in [0, 0.05) is 5.69 Å². The molecule has 1 aliphatic heterocycles. The number of fused-ring (bicyclic) bond motifs is 1. The summed E-state index contributed by atoms with van der Waals surface area (Å²) in [5.74, 6) is -0.250. The number of nitrogens with zero attached hydrogens (tertiary/aromatic N) is 1. The van der Waals surface area contributed by atoms with E-state index in [-0.39, 0.29) is 18.4 Å². The van der Waals surface area contributed by atoms with Crippen LogP contribution in [0.25, 0.3) is 0 Å². The predicted molar refractivity (Wildman–Crippen MR) is 99.8 cm³/mol. The summed E-state index contributed by atoms with van der Waals surface area (Å²) in [5.41, 5.74) is 2.39. The number of amides is 4. The van der Waals surface area contributed by atoms with Crippen molar-refractivity contribution in [2.24, 2.45) is 5.92 Å². The van der Waals surface area contributed by atoms with Crippen molar-refractivity contribution < 1.29 is 14.4 Å². The minimum Gasteiger partial charge on any atom is -0.325 e. The largest absolute Gasteiger partial charge is 0.325 e. The highest BCUT2D eigenvalue weighted by atomic mass is 16.2. The van der Waals surface area contributed by atoms with Gasteiger partial charge in [-0.3, -0.25) is 14.5 Å². The second-order valence-electron chi connectivity index (χ2n) is 7.97. The van der Waals surface area contributed by atoms with E-state index >= 15 is 0 Å². The monoisotopic (exact) mass is 357 g/mol. The van der Waals surface area contributed by atoms with Crippen molar-refractivity contribution in [3.05, 3.63) is 29.3 Å². The maximum absolute atomic E-state index is 12.7. The number of nitrogens with one attached hydrogen (secondary N) is 2. The fraction of sp³-hybridized carbons (Fsp3) is 0.550. The van der Waals surface area contributed by atoms with Crippen molar-refractivity contribution in [3.63, 3.8) is 0 Å². The van der Waals surface area contributed by atoms with Gasteiger partial charge in [-0.25, -0.2) is 4.79 Å². The molecule has 1 unspecified atom stereocenters. The minimum atomic E-state index is -0.921. The van der Waals surface area contributed by atoms with Gasteiger partial charge in [-0.05, 0) is 68.2 Å². The molecular formula is C20H27N3O3. The lowest BCUT2D eigenvalue weighted by Crippen LogP contribution is -2.44. The third-order valence-electron chi connectivity index (χ3n) is 5.25. The standard InChI is InChI=1S/C20H27N3O3/c1-13(2)9-10-20(3)18(25)23(19(26)22-20)12-17(24)21-16-8-7-14-5-4-6-15(14)11-16/h7-8,11,13H,4-6,9-10,12H2,1-3H3,(H,21,24)(H,22,26). The first-order valence-electron chi connectivity index (χ1n) is 9.34. The molecule has 0 saturated carbocycles. The molecule has 26 heavy (non-hydrogen) atoms. The molecular weight excluding hydrogens is 330 g/mol. The molecule has 140 valence electrons. The van der Waals surface area contributed by atoms with Crippen LogP contribution in [0.15, 0.2) is 18.2 Å². The van der Waals surface area contributed by atoms with E-state index in [1.807, 2.05) is 18.2 Å². The lowest BCUT2D eigenvalue weighted by Gasteiger charge is -2.22. The maximum Gasteiger partial charge on any atom is 0.325 e. The highest BCUT2D eigenvalue weighted by Crippen LogP contribution is 2.26. The van der Waals surface area contributed by atoms with Crippen LogP contribution in [0.4, 0.5) is 10.5 Å². The van der Waals surface area contributed by atoms with E-state index in [4.69, 9.17) is 0 Å². The number of urea groups is 1. The molecule has 6 nitrogen and oxygen atoms in total. The Morgan fingerprint density at radius 1 is 1.27 bits per heavy atom. The first-order valence-corrected chi connectivity index (χ1v) is 9.34. The normalized spacial score (nSPS) is 21.9. The molecule has 1 heterocycles. The molecule has 2 aliphatic rings. The lowest BCUT2D eigenvalue weighted by atomic mass is 9.92. The Balaban J connectivity index is 1.62. The Hall–Kier alpha value is -2.37. The number of hydrogen-bond donors (Lipinski definition) is 2. The van der Waals surface area contributed by atoms with E-state index in [2.05, 4.69) is 24.5 Å². The SMILES string of the molecule is CC(C)CCC1(C)NC(=O)N(CC(=O)Nc2ccc3c(c2)CCC3)C1=O. The number of hydrogen-bond acceptors (Lipinski definition) is 3. The van der Waals surface area contributed by atoms with Gasteiger partial charge >= 0.3 is 6.03 Å². The van der Waals surface area contributed by atoms with Gasteiger partial charge in [0.2, 0.25) is 5.91 Å². The van der Waals surface area contributed by atoms with Gasteiger partial charge < -0.3 is 10.6 Å². The lowest BCUT2D eigenvalue weighted by molar-refractivity contribution is -0.133. The van der Waals surface area contributed by atoms with E-state index in [9.17, 15) is 14.4 Å². The number of carbonyl (C=O) groups excluding carboxylic acids is 3. The van der Waals surface area contributed by atoms with Crippen molar-refractivity contribution in [2.45, 2.75) is 58.4 Å². The van der Waals surface area contributed by atoms with Gasteiger partial charge in [0.25, 0.3) is 5.91 Å². The second-order valence-corrected chi connectivity index (χ2v) is 7.97. The number of aryl methyl sites for hydroxylation is 2. The van der Waals surface area contributed by atoms with E-state index in [1.54, 1.807) is 6.92 Å². The zero-order chi connectivity index (χ0) is 18.9. The van der Waals surface area contributed by atoms with Gasteiger partial charge in [0.15, 0.2) is 0 Å². The highest BCUT2D eigenvalue weighted by Gasteiger charge is 2.47. The average Bonchev–Trinajstić information content (AvgIpc) is 3.11. The second kappa shape index (κ2) is 7.09. The molecule has 0 radical (unpaired) electrons. The molecule has 0 bridgehead atoms. The highest BCUT2D eigenvalue weighted by molar-refractivity contribution is 6.09. The van der Waals surface area contributed by atoms with Crippen LogP contribution in [-0.4, -0.2) is 34.8 Å². The summed E-state index contributed by atoms with van der Waals surface area (Å²) in [6.07, 6.45) is 4.65. The molecule has 1 atom stereocenters. The van der Waals surface area contributed by atoms with Gasteiger partial charge in [-0.1, -0.05) is 19.9 Å². The Kier molecular flexibility index (Phi) is 5.03. The first kappa shape index (κ1) is 18.4. The molecule has 1 aromatic rings. The fourth-order valence-corrected chi connectivity index (χ4v) is 3.63. The smallest absolute Gasteiger partial charge is 0.325 e. The molecule has 0 spiro atoms. The summed E-state index contributed by atoms with van der Waals surface area (Å²) in [4.78, 5) is 38.2. The molecule has 2 N–H and O–H groups in total. The number of rotatable bonds is 6. The summed E-state index contributed by atoms with van der Waals surface area (Å²) >= 11 is 0. The summed E-state index contributed by atoms with van der Waals surface area (Å²) < 4.78 is 0. The first-order chi connectivity index (χ1) is 12.3. The Labute approximate surface area is 154 Å². The summed E-state index contributed by atoms with van der Waals surface area (Å²) in [7, 11) is 0. The molecule has 0 aromatic heterocycles. The zero-order valence-electron chi connectivity index (χ0n) is 15.7. The van der Waals surface area contributed by atoms with Crippen molar-refractivity contribution in [1.29, 1.82) is 0 Å². The van der Waals surface area contributed by atoms with E-state index < -0.39 is 11.6 Å². The molecule has 3 rings (SSSR count). The van der Waals surface area contributed by atoms with Crippen LogP contribution in [0.5, 0.6) is 0 Å². The Morgan fingerprint density at radius 2 is 2.00 bits per heavy atom. The van der Waals surface area contributed by atoms with Crippen LogP contribution >= 0.6 is 0 Å². The topological polar surface area (TPSA) is 78.5 Å². The molecule has 6 heteroatoms. The van der Waals surface area contributed by atoms with Crippen molar-refractivity contribution in [3.8, 4) is 0 Å². The van der Waals surface area contributed by atoms with Gasteiger partial charge in [-0.2, -0.15) is 0 Å². The summed E-state index contributed by atoms with van der Waals surface area (Å²) in [5, 5.41) is 5.55. The minimum absolute atomic E-state index is 0.265. The maximum atomic E-state index is 12.7. The molecule has 4 amide bonds. The van der Waals surface area contributed by atoms with Crippen molar-refractivity contribution in [2.75, 3.05) is 11.9 Å². The van der Waals surface area contributed by atoms with Gasteiger partial charge in [0.05, 0.1) is 0 Å². The third kappa shape index (κ3) is 3.74. The van der Waals surface area contributed by atoms with Crippen LogP contribution < -0.4 is 10.6 Å². The Morgan fingerprint density at radius 3 is 2.73 bits per heavy atom. The average molecular weight is 357 g/mol. The zero-order valence-corrected chi connectivity index (χ0v) is 15.7. The molecule has 1 saturated heterocycles. The van der Waals surface area contributed by atoms with Gasteiger partial charge in [0.1, 0.15) is 12.1 Å². The molecule has 1 fully saturated rings. The predicted octanol–water partition coefficient (Wildman–Crippen LogP) is 2.86. The van der Waals surface area contributed by atoms with Gasteiger partial charge in [-0.15, -0.1) is 0 Å². The number of benzene rings is 1. The fourth-order valence-electron chi connectivity index (χ4n) is 3.63. The van der Waals surface area contributed by atoms with E-state index in [0.717, 1.165) is 30.6 Å². The van der Waals surface area contributed by atoms with E-state index in [1.165, 1.54) is 11.1 Å². The van der Waals surface area contributed by atoms with Crippen LogP contribution in [0.2, 0.25) is 0 Å². The van der Waals surface area contributed by atoms with E-state index in [0.29, 0.717) is 18.0 Å². The molecule has 1 aromatic carbocycles. The Bertz CT molecular complexity index is 744. The number of anilines is 1. The quantitative estimate of drug-likeness (QED) is 0.769. The van der Waals surface area contributed by atoms with Crippen molar-refractivity contribution >= 4 is 23.5 Å². The van der Waals surface area contributed by atoms with Crippen LogP contribution in [0, 0.1) is 5.92 Å². The summed E-state index contributed by atoms with van der Waals surface area (Å²) in [6, 6.07) is 5.40. The van der Waals surface area contributed by atoms with Crippen LogP contribution in [0.3, 0.4) is 0 Å².